The molecule has 1 rings (SSSR count). The molecular weight excluding hydrogens is 292 g/mol. The van der Waals surface area contributed by atoms with Crippen LogP contribution < -0.4 is 4.74 Å². The third kappa shape index (κ3) is 3.84. The van der Waals surface area contributed by atoms with Crippen molar-refractivity contribution in [1.29, 1.82) is 0 Å². The highest BCUT2D eigenvalue weighted by atomic mass is 79.9. The molecule has 0 amide bonds. The third-order valence-electron chi connectivity index (χ3n) is 3.21. The zero-order chi connectivity index (χ0) is 13.5. The summed E-state index contributed by atoms with van der Waals surface area (Å²) in [5.74, 6) is 1.13. The van der Waals surface area contributed by atoms with Crippen LogP contribution in [0.1, 0.15) is 49.9 Å². The molecule has 0 N–H and O–H groups in total. The van der Waals surface area contributed by atoms with Gasteiger partial charge in [0.25, 0.3) is 0 Å². The maximum absolute atomic E-state index is 12.4. The predicted octanol–water partition coefficient (Wildman–Crippen LogP) is 4.86. The Hall–Kier alpha value is -0.830. The molecule has 1 aromatic carbocycles. The number of rotatable bonds is 7. The summed E-state index contributed by atoms with van der Waals surface area (Å²) >= 11 is 3.45. The molecule has 1 aromatic rings. The molecule has 0 aliphatic carbocycles. The first-order valence-corrected chi connectivity index (χ1v) is 7.31. The zero-order valence-electron chi connectivity index (χ0n) is 11.3. The van der Waals surface area contributed by atoms with Crippen molar-refractivity contribution in [3.05, 3.63) is 28.2 Å². The van der Waals surface area contributed by atoms with Crippen LogP contribution in [0.2, 0.25) is 0 Å². The number of carbonyl (C=O) groups excluding carboxylic acids is 1. The van der Waals surface area contributed by atoms with Gasteiger partial charge in [-0.1, -0.05) is 26.7 Å². The molecule has 0 aliphatic heterocycles. The number of ketones is 1. The zero-order valence-corrected chi connectivity index (χ0v) is 12.9. The van der Waals surface area contributed by atoms with Gasteiger partial charge in [0.1, 0.15) is 5.75 Å². The molecule has 2 nitrogen and oxygen atoms in total. The quantitative estimate of drug-likeness (QED) is 0.672. The van der Waals surface area contributed by atoms with Crippen molar-refractivity contribution in [3.8, 4) is 5.75 Å². The number of hydrogen-bond acceptors (Lipinski definition) is 2. The molecular formula is C15H21BrO2. The number of carbonyl (C=O) groups is 1. The molecule has 3 heteroatoms. The Labute approximate surface area is 118 Å². The number of ether oxygens (including phenoxy) is 1. The molecule has 1 atom stereocenters. The second kappa shape index (κ2) is 7.57. The topological polar surface area (TPSA) is 26.3 Å². The van der Waals surface area contributed by atoms with E-state index in [4.69, 9.17) is 4.74 Å². The Morgan fingerprint density at radius 1 is 1.39 bits per heavy atom. The van der Waals surface area contributed by atoms with E-state index in [-0.39, 0.29) is 11.7 Å². The van der Waals surface area contributed by atoms with Crippen LogP contribution in [0.25, 0.3) is 0 Å². The van der Waals surface area contributed by atoms with Crippen LogP contribution in [0.5, 0.6) is 5.75 Å². The Kier molecular flexibility index (Phi) is 6.41. The number of halogens is 1. The van der Waals surface area contributed by atoms with Gasteiger partial charge in [-0.2, -0.15) is 0 Å². The summed E-state index contributed by atoms with van der Waals surface area (Å²) in [6.45, 7) is 4.23. The summed E-state index contributed by atoms with van der Waals surface area (Å²) in [6, 6.07) is 5.53. The summed E-state index contributed by atoms with van der Waals surface area (Å²) in [4.78, 5) is 12.4. The normalized spacial score (nSPS) is 12.2. The van der Waals surface area contributed by atoms with Crippen molar-refractivity contribution in [3.63, 3.8) is 0 Å². The Balaban J connectivity index is 2.87. The van der Waals surface area contributed by atoms with E-state index >= 15 is 0 Å². The molecule has 0 fully saturated rings. The van der Waals surface area contributed by atoms with E-state index in [1.165, 1.54) is 0 Å². The fraction of sp³-hybridized carbons (Fsp3) is 0.533. The monoisotopic (exact) mass is 312 g/mol. The van der Waals surface area contributed by atoms with Crippen LogP contribution in [0, 0.1) is 5.92 Å². The molecule has 0 saturated heterocycles. The number of unbranched alkanes of at least 4 members (excludes halogenated alkanes) is 1. The van der Waals surface area contributed by atoms with Gasteiger partial charge in [0.05, 0.1) is 7.11 Å². The maximum Gasteiger partial charge on any atom is 0.167 e. The lowest BCUT2D eigenvalue weighted by Crippen LogP contribution is -2.14. The van der Waals surface area contributed by atoms with Crippen molar-refractivity contribution >= 4 is 21.7 Å². The highest BCUT2D eigenvalue weighted by Gasteiger charge is 2.20. The van der Waals surface area contributed by atoms with Crippen molar-refractivity contribution in [1.82, 2.24) is 0 Å². The SMILES string of the molecule is CCCCC(CC)C(=O)c1ccc(OC)cc1Br. The van der Waals surface area contributed by atoms with Gasteiger partial charge < -0.3 is 4.74 Å². The highest BCUT2D eigenvalue weighted by molar-refractivity contribution is 9.10. The van der Waals surface area contributed by atoms with E-state index in [0.717, 1.165) is 41.5 Å². The van der Waals surface area contributed by atoms with Gasteiger partial charge in [-0.05, 0) is 47.0 Å². The van der Waals surface area contributed by atoms with E-state index in [9.17, 15) is 4.79 Å². The average molecular weight is 313 g/mol. The number of hydrogen-bond donors (Lipinski definition) is 0. The number of benzene rings is 1. The Morgan fingerprint density at radius 3 is 2.61 bits per heavy atom. The number of Topliss-reactive ketones (excluding diaryl/α,β-unsaturated/α-hetero) is 1. The van der Waals surface area contributed by atoms with E-state index in [1.54, 1.807) is 7.11 Å². The van der Waals surface area contributed by atoms with Crippen LogP contribution in [-0.2, 0) is 0 Å². The lowest BCUT2D eigenvalue weighted by molar-refractivity contribution is 0.0907. The largest absolute Gasteiger partial charge is 0.497 e. The highest BCUT2D eigenvalue weighted by Crippen LogP contribution is 2.27. The van der Waals surface area contributed by atoms with Crippen LogP contribution in [0.3, 0.4) is 0 Å². The summed E-state index contributed by atoms with van der Waals surface area (Å²) in [5, 5.41) is 0. The molecule has 0 aliphatic rings. The van der Waals surface area contributed by atoms with Crippen molar-refractivity contribution in [2.45, 2.75) is 39.5 Å². The van der Waals surface area contributed by atoms with Gasteiger partial charge in [-0.25, -0.2) is 0 Å². The van der Waals surface area contributed by atoms with Crippen LogP contribution in [0.15, 0.2) is 22.7 Å². The van der Waals surface area contributed by atoms with Gasteiger partial charge in [0.2, 0.25) is 0 Å². The minimum Gasteiger partial charge on any atom is -0.497 e. The molecule has 0 heterocycles. The first kappa shape index (κ1) is 15.2. The fourth-order valence-corrected chi connectivity index (χ4v) is 2.57. The van der Waals surface area contributed by atoms with Gasteiger partial charge >= 0.3 is 0 Å². The van der Waals surface area contributed by atoms with Crippen LogP contribution >= 0.6 is 15.9 Å². The molecule has 18 heavy (non-hydrogen) atoms. The van der Waals surface area contributed by atoms with E-state index in [0.29, 0.717) is 0 Å². The summed E-state index contributed by atoms with van der Waals surface area (Å²) in [6.07, 6.45) is 4.12. The number of methoxy groups -OCH3 is 1. The third-order valence-corrected chi connectivity index (χ3v) is 3.87. The molecule has 1 unspecified atom stereocenters. The predicted molar refractivity (Wildman–Crippen MR) is 78.3 cm³/mol. The summed E-state index contributed by atoms with van der Waals surface area (Å²) < 4.78 is 5.96. The van der Waals surface area contributed by atoms with Crippen LogP contribution in [0.4, 0.5) is 0 Å². The molecule has 0 bridgehead atoms. The lowest BCUT2D eigenvalue weighted by Gasteiger charge is -2.14. The lowest BCUT2D eigenvalue weighted by atomic mass is 9.90. The van der Waals surface area contributed by atoms with Crippen LogP contribution in [-0.4, -0.2) is 12.9 Å². The molecule has 0 saturated carbocycles. The molecule has 0 radical (unpaired) electrons. The standard InChI is InChI=1S/C15H21BrO2/c1-4-6-7-11(5-2)15(17)13-9-8-12(18-3)10-14(13)16/h8-11H,4-7H2,1-3H3. The van der Waals surface area contributed by atoms with Crippen molar-refractivity contribution < 1.29 is 9.53 Å². The van der Waals surface area contributed by atoms with Gasteiger partial charge in [-0.15, -0.1) is 0 Å². The van der Waals surface area contributed by atoms with E-state index < -0.39 is 0 Å². The van der Waals surface area contributed by atoms with Crippen molar-refractivity contribution in [2.75, 3.05) is 7.11 Å². The molecule has 0 spiro atoms. The van der Waals surface area contributed by atoms with Gasteiger partial charge in [0, 0.05) is 16.0 Å². The smallest absolute Gasteiger partial charge is 0.167 e. The average Bonchev–Trinajstić information content (AvgIpc) is 2.39. The van der Waals surface area contributed by atoms with Crippen molar-refractivity contribution in [2.24, 2.45) is 5.92 Å². The first-order chi connectivity index (χ1) is 8.63. The van der Waals surface area contributed by atoms with Gasteiger partial charge in [0.15, 0.2) is 5.78 Å². The van der Waals surface area contributed by atoms with Gasteiger partial charge in [-0.3, -0.25) is 4.79 Å². The second-order valence-electron chi connectivity index (χ2n) is 4.46. The first-order valence-electron chi connectivity index (χ1n) is 6.51. The van der Waals surface area contributed by atoms with E-state index in [1.807, 2.05) is 18.2 Å². The van der Waals surface area contributed by atoms with E-state index in [2.05, 4.69) is 29.8 Å². The summed E-state index contributed by atoms with van der Waals surface area (Å²) in [5.41, 5.74) is 0.763. The fourth-order valence-electron chi connectivity index (χ4n) is 2.01. The molecule has 100 valence electrons. The maximum atomic E-state index is 12.4. The Morgan fingerprint density at radius 2 is 2.11 bits per heavy atom. The summed E-state index contributed by atoms with van der Waals surface area (Å²) in [7, 11) is 1.62. The molecule has 0 aromatic heterocycles. The minimum atomic E-state index is 0.134. The Bertz CT molecular complexity index is 401. The second-order valence-corrected chi connectivity index (χ2v) is 5.31. The minimum absolute atomic E-state index is 0.134.